The molecule has 2 aromatic rings. The summed E-state index contributed by atoms with van der Waals surface area (Å²) in [4.78, 5) is 41.6. The molecule has 0 aromatic heterocycles. The summed E-state index contributed by atoms with van der Waals surface area (Å²) < 4.78 is 45.6. The maximum Gasteiger partial charge on any atom is 0.408 e. The Morgan fingerprint density at radius 3 is 2.24 bits per heavy atom. The van der Waals surface area contributed by atoms with Gasteiger partial charge in [-0.3, -0.25) is 14.4 Å². The molecular formula is C29H35ClF3N5O4. The molecule has 2 aliphatic rings. The fraction of sp³-hybridized carbons (Fsp3) is 0.448. The summed E-state index contributed by atoms with van der Waals surface area (Å²) in [7, 11) is 0. The van der Waals surface area contributed by atoms with Gasteiger partial charge in [-0.15, -0.1) is 12.4 Å². The second-order valence-corrected chi connectivity index (χ2v) is 11.0. The molecular weight excluding hydrogens is 575 g/mol. The molecule has 13 heteroatoms. The monoisotopic (exact) mass is 609 g/mol. The summed E-state index contributed by atoms with van der Waals surface area (Å²) in [5.41, 5.74) is 5.10. The first-order valence-electron chi connectivity index (χ1n) is 13.3. The second kappa shape index (κ2) is 13.2. The molecule has 0 radical (unpaired) electrons. The van der Waals surface area contributed by atoms with E-state index in [1.54, 1.807) is 30.3 Å². The van der Waals surface area contributed by atoms with Crippen LogP contribution in [0.15, 0.2) is 65.8 Å². The minimum absolute atomic E-state index is 0. The van der Waals surface area contributed by atoms with Crippen molar-refractivity contribution >= 4 is 35.8 Å². The third kappa shape index (κ3) is 7.87. The highest BCUT2D eigenvalue weighted by Gasteiger charge is 2.56. The smallest absolute Gasteiger partial charge is 0.374 e. The minimum atomic E-state index is -4.64. The van der Waals surface area contributed by atoms with E-state index in [0.717, 1.165) is 11.1 Å². The maximum atomic E-state index is 13.8. The van der Waals surface area contributed by atoms with Crippen LogP contribution in [0.4, 0.5) is 13.2 Å². The van der Waals surface area contributed by atoms with E-state index in [0.29, 0.717) is 10.7 Å². The predicted molar refractivity (Wildman–Crippen MR) is 153 cm³/mol. The number of likely N-dealkylation sites (tertiary alicyclic amines) is 1. The SMILES string of the molecule is CC(C)(N)C(=O)NC(COCc1ccccc1)C(=O)N1CCC2=NN(CC(F)(F)F)C(=O)C2(Cc2ccccc2)C1.Cl. The van der Waals surface area contributed by atoms with Crippen LogP contribution in [-0.4, -0.2) is 77.3 Å². The third-order valence-corrected chi connectivity index (χ3v) is 7.09. The van der Waals surface area contributed by atoms with Crippen LogP contribution >= 0.6 is 12.4 Å². The number of rotatable bonds is 10. The summed E-state index contributed by atoms with van der Waals surface area (Å²) in [6.45, 7) is 1.41. The maximum absolute atomic E-state index is 13.8. The predicted octanol–water partition coefficient (Wildman–Crippen LogP) is 3.07. The summed E-state index contributed by atoms with van der Waals surface area (Å²) in [6, 6.07) is 17.0. The van der Waals surface area contributed by atoms with Crippen molar-refractivity contribution in [2.24, 2.45) is 16.3 Å². The fourth-order valence-corrected chi connectivity index (χ4v) is 5.00. The van der Waals surface area contributed by atoms with Gasteiger partial charge in [-0.25, -0.2) is 5.01 Å². The molecule has 0 bridgehead atoms. The highest BCUT2D eigenvalue weighted by Crippen LogP contribution is 2.39. The van der Waals surface area contributed by atoms with E-state index in [1.165, 1.54) is 18.7 Å². The zero-order valence-electron chi connectivity index (χ0n) is 23.4. The second-order valence-electron chi connectivity index (χ2n) is 11.0. The van der Waals surface area contributed by atoms with Gasteiger partial charge in [-0.2, -0.15) is 18.3 Å². The molecule has 3 N–H and O–H groups in total. The Bertz CT molecular complexity index is 1290. The highest BCUT2D eigenvalue weighted by atomic mass is 35.5. The van der Waals surface area contributed by atoms with Crippen LogP contribution in [-0.2, 0) is 32.1 Å². The van der Waals surface area contributed by atoms with Crippen LogP contribution in [0.25, 0.3) is 0 Å². The van der Waals surface area contributed by atoms with Crippen molar-refractivity contribution in [3.05, 3.63) is 71.8 Å². The molecule has 0 spiro atoms. The number of hydrogen-bond acceptors (Lipinski definition) is 6. The summed E-state index contributed by atoms with van der Waals surface area (Å²) >= 11 is 0. The topological polar surface area (TPSA) is 117 Å². The molecule has 2 aromatic carbocycles. The van der Waals surface area contributed by atoms with Gasteiger partial charge in [0.15, 0.2) is 0 Å². The number of nitrogens with one attached hydrogen (secondary N) is 1. The number of nitrogens with two attached hydrogens (primary N) is 1. The van der Waals surface area contributed by atoms with Crippen LogP contribution < -0.4 is 11.1 Å². The van der Waals surface area contributed by atoms with Crippen molar-refractivity contribution in [2.75, 3.05) is 26.2 Å². The summed E-state index contributed by atoms with van der Waals surface area (Å²) in [5.74, 6) is -1.91. The zero-order chi connectivity index (χ0) is 29.8. The van der Waals surface area contributed by atoms with Gasteiger partial charge in [0, 0.05) is 19.5 Å². The van der Waals surface area contributed by atoms with Crippen molar-refractivity contribution < 1.29 is 32.3 Å². The molecule has 2 aliphatic heterocycles. The van der Waals surface area contributed by atoms with Crippen LogP contribution in [0.5, 0.6) is 0 Å². The van der Waals surface area contributed by atoms with Crippen molar-refractivity contribution in [3.63, 3.8) is 0 Å². The standard InChI is InChI=1S/C29H34F3N5O4.ClH/c1-27(2,33)25(39)34-22(17-41-16-21-11-7-4-8-12-21)24(38)36-14-13-23-28(18-36,15-20-9-5-3-6-10-20)26(40)37(35-23)19-29(30,31)32;/h3-12,22H,13-19,33H2,1-2H3,(H,34,39);1H. The molecule has 4 rings (SSSR count). The van der Waals surface area contributed by atoms with Crippen molar-refractivity contribution in [3.8, 4) is 0 Å². The molecule has 2 unspecified atom stereocenters. The highest BCUT2D eigenvalue weighted by molar-refractivity contribution is 6.14. The zero-order valence-corrected chi connectivity index (χ0v) is 24.2. The lowest BCUT2D eigenvalue weighted by Gasteiger charge is -2.41. The number of nitrogens with zero attached hydrogens (tertiary/aromatic N) is 3. The van der Waals surface area contributed by atoms with Crippen LogP contribution in [0.2, 0.25) is 0 Å². The first-order valence-corrected chi connectivity index (χ1v) is 13.3. The van der Waals surface area contributed by atoms with Crippen molar-refractivity contribution in [1.82, 2.24) is 15.2 Å². The van der Waals surface area contributed by atoms with Crippen LogP contribution in [0.3, 0.4) is 0 Å². The van der Waals surface area contributed by atoms with Gasteiger partial charge in [-0.05, 0) is 31.4 Å². The number of halogens is 4. The Balaban J connectivity index is 0.00000484. The number of amides is 3. The van der Waals surface area contributed by atoms with Gasteiger partial charge < -0.3 is 20.7 Å². The van der Waals surface area contributed by atoms with E-state index in [1.807, 2.05) is 30.3 Å². The van der Waals surface area contributed by atoms with Gasteiger partial charge in [0.1, 0.15) is 18.0 Å². The van der Waals surface area contributed by atoms with E-state index in [2.05, 4.69) is 10.4 Å². The number of ether oxygens (including phenoxy) is 1. The van der Waals surface area contributed by atoms with Gasteiger partial charge >= 0.3 is 6.18 Å². The molecule has 9 nitrogen and oxygen atoms in total. The quantitative estimate of drug-likeness (QED) is 0.429. The number of fused-ring (bicyclic) bond motifs is 1. The van der Waals surface area contributed by atoms with E-state index in [9.17, 15) is 27.6 Å². The number of benzene rings is 2. The molecule has 1 fully saturated rings. The van der Waals surface area contributed by atoms with Gasteiger partial charge in [0.2, 0.25) is 11.8 Å². The Kier molecular flexibility index (Phi) is 10.4. The number of piperidine rings is 1. The Morgan fingerprint density at radius 2 is 1.67 bits per heavy atom. The number of hydrogen-bond donors (Lipinski definition) is 2. The third-order valence-electron chi connectivity index (χ3n) is 7.09. The van der Waals surface area contributed by atoms with Crippen LogP contribution in [0, 0.1) is 5.41 Å². The number of carbonyl (C=O) groups is 3. The average Bonchev–Trinajstić information content (AvgIpc) is 3.17. The van der Waals surface area contributed by atoms with E-state index in [-0.39, 0.29) is 51.6 Å². The lowest BCUT2D eigenvalue weighted by Crippen LogP contribution is -2.61. The molecule has 2 heterocycles. The van der Waals surface area contributed by atoms with Crippen LogP contribution in [0.1, 0.15) is 31.4 Å². The van der Waals surface area contributed by atoms with Gasteiger partial charge in [0.25, 0.3) is 5.91 Å². The summed E-state index contributed by atoms with van der Waals surface area (Å²) in [5, 5.41) is 7.20. The first kappa shape index (κ1) is 33.0. The number of carbonyl (C=O) groups excluding carboxylic acids is 3. The normalized spacial score (nSPS) is 19.5. The molecule has 0 aliphatic carbocycles. The van der Waals surface area contributed by atoms with Crippen molar-refractivity contribution in [1.29, 1.82) is 0 Å². The largest absolute Gasteiger partial charge is 0.408 e. The number of alkyl halides is 3. The average molecular weight is 610 g/mol. The number of hydrazone groups is 1. The molecule has 1 saturated heterocycles. The molecule has 2 atom stereocenters. The minimum Gasteiger partial charge on any atom is -0.374 e. The first-order chi connectivity index (χ1) is 19.3. The van der Waals surface area contributed by atoms with E-state index >= 15 is 0 Å². The Morgan fingerprint density at radius 1 is 1.07 bits per heavy atom. The fourth-order valence-electron chi connectivity index (χ4n) is 5.00. The lowest BCUT2D eigenvalue weighted by atomic mass is 9.73. The molecule has 0 saturated carbocycles. The molecule has 3 amide bonds. The molecule has 42 heavy (non-hydrogen) atoms. The van der Waals surface area contributed by atoms with E-state index in [4.69, 9.17) is 10.5 Å². The molecule has 228 valence electrons. The summed E-state index contributed by atoms with van der Waals surface area (Å²) in [6.07, 6.45) is -4.47. The van der Waals surface area contributed by atoms with Crippen molar-refractivity contribution in [2.45, 2.75) is 51.1 Å². The van der Waals surface area contributed by atoms with Gasteiger partial charge in [0.05, 0.1) is 24.5 Å². The Labute approximate surface area is 248 Å². The van der Waals surface area contributed by atoms with E-state index < -0.39 is 47.4 Å². The Hall–Kier alpha value is -3.48. The van der Waals surface area contributed by atoms with Gasteiger partial charge in [-0.1, -0.05) is 60.7 Å². The lowest BCUT2D eigenvalue weighted by molar-refractivity contribution is -0.164.